The zero-order valence-electron chi connectivity index (χ0n) is 20.8. The van der Waals surface area contributed by atoms with E-state index in [4.69, 9.17) is 4.74 Å². The molecule has 2 amide bonds. The second kappa shape index (κ2) is 10.6. The Bertz CT molecular complexity index is 1750. The number of Topliss-reactive ketones (excluding diaryl/α,β-unsaturated/α-hetero) is 1. The van der Waals surface area contributed by atoms with Crippen molar-refractivity contribution in [2.45, 2.75) is 6.10 Å². The van der Waals surface area contributed by atoms with Crippen molar-refractivity contribution in [1.82, 2.24) is 0 Å². The van der Waals surface area contributed by atoms with Gasteiger partial charge in [0.25, 0.3) is 23.2 Å². The van der Waals surface area contributed by atoms with E-state index in [1.165, 1.54) is 72.8 Å². The van der Waals surface area contributed by atoms with Gasteiger partial charge in [-0.1, -0.05) is 42.5 Å². The summed E-state index contributed by atoms with van der Waals surface area (Å²) in [5.74, 6) is -3.30. The smallest absolute Gasteiger partial charge is 0.339 e. The lowest BCUT2D eigenvalue weighted by Crippen LogP contribution is -2.29. The Kier molecular flexibility index (Phi) is 6.88. The molecule has 4 aromatic rings. The number of ether oxygens (including phenoxy) is 1. The molecule has 12 heteroatoms. The number of nitro groups is 2. The summed E-state index contributed by atoms with van der Waals surface area (Å²) in [6.45, 7) is 0. The highest BCUT2D eigenvalue weighted by molar-refractivity contribution is 6.35. The maximum absolute atomic E-state index is 13.3. The van der Waals surface area contributed by atoms with Crippen LogP contribution in [0.25, 0.3) is 0 Å². The topological polar surface area (TPSA) is 167 Å². The van der Waals surface area contributed by atoms with Gasteiger partial charge in [-0.15, -0.1) is 0 Å². The third kappa shape index (κ3) is 4.92. The fourth-order valence-electron chi connectivity index (χ4n) is 4.40. The molecule has 12 nitrogen and oxygen atoms in total. The molecule has 202 valence electrons. The summed E-state index contributed by atoms with van der Waals surface area (Å²) in [6.07, 6.45) is -1.48. The van der Waals surface area contributed by atoms with Gasteiger partial charge >= 0.3 is 5.97 Å². The molecule has 5 rings (SSSR count). The Balaban J connectivity index is 1.47. The van der Waals surface area contributed by atoms with Gasteiger partial charge in [0.1, 0.15) is 5.56 Å². The predicted octanol–water partition coefficient (Wildman–Crippen LogP) is 5.08. The number of rotatable bonds is 8. The summed E-state index contributed by atoms with van der Waals surface area (Å²) in [4.78, 5) is 74.6. The summed E-state index contributed by atoms with van der Waals surface area (Å²) >= 11 is 0. The van der Waals surface area contributed by atoms with Crippen molar-refractivity contribution in [2.75, 3.05) is 4.90 Å². The number of hydrogen-bond donors (Lipinski definition) is 0. The average molecular weight is 551 g/mol. The number of fused-ring (bicyclic) bond motifs is 1. The van der Waals surface area contributed by atoms with E-state index in [2.05, 4.69) is 0 Å². The number of imide groups is 1. The van der Waals surface area contributed by atoms with Crippen LogP contribution in [0.2, 0.25) is 0 Å². The first-order valence-corrected chi connectivity index (χ1v) is 12.0. The van der Waals surface area contributed by atoms with Crippen LogP contribution in [0.3, 0.4) is 0 Å². The minimum Gasteiger partial charge on any atom is -0.445 e. The number of hydrogen-bond acceptors (Lipinski definition) is 9. The Morgan fingerprint density at radius 1 is 0.732 bits per heavy atom. The van der Waals surface area contributed by atoms with Crippen LogP contribution in [-0.4, -0.2) is 33.4 Å². The quantitative estimate of drug-likeness (QED) is 0.0953. The Morgan fingerprint density at radius 3 is 2.05 bits per heavy atom. The molecule has 0 saturated carbocycles. The molecule has 4 aromatic carbocycles. The molecule has 0 unspecified atom stereocenters. The van der Waals surface area contributed by atoms with Crippen LogP contribution in [0.1, 0.15) is 53.1 Å². The SMILES string of the molecule is O=C(O[C@@H](C(=O)c1ccccc1)c1ccc([N+](=O)[O-])cc1)c1cccc(N2C(=O)c3cccc([N+](=O)[O-])c3C2=O)c1. The zero-order valence-corrected chi connectivity index (χ0v) is 20.8. The van der Waals surface area contributed by atoms with Crippen LogP contribution in [0.4, 0.5) is 17.1 Å². The van der Waals surface area contributed by atoms with E-state index in [9.17, 15) is 39.4 Å². The third-order valence-electron chi connectivity index (χ3n) is 6.36. The fraction of sp³-hybridized carbons (Fsp3) is 0.0345. The maximum Gasteiger partial charge on any atom is 0.339 e. The Hall–Kier alpha value is -6.04. The van der Waals surface area contributed by atoms with E-state index in [1.807, 2.05) is 0 Å². The van der Waals surface area contributed by atoms with E-state index in [-0.39, 0.29) is 39.2 Å². The molecule has 1 aliphatic rings. The van der Waals surface area contributed by atoms with Crippen molar-refractivity contribution >= 4 is 40.6 Å². The molecule has 0 aliphatic carbocycles. The summed E-state index contributed by atoms with van der Waals surface area (Å²) in [6, 6.07) is 21.9. The van der Waals surface area contributed by atoms with Gasteiger partial charge in [0.2, 0.25) is 5.78 Å². The summed E-state index contributed by atoms with van der Waals surface area (Å²) in [5, 5.41) is 22.5. The fourth-order valence-corrected chi connectivity index (χ4v) is 4.40. The second-order valence-electron chi connectivity index (χ2n) is 8.82. The minimum atomic E-state index is -1.48. The Morgan fingerprint density at radius 2 is 1.39 bits per heavy atom. The molecule has 0 fully saturated rings. The van der Waals surface area contributed by atoms with Crippen molar-refractivity contribution in [2.24, 2.45) is 0 Å². The molecular weight excluding hydrogens is 534 g/mol. The van der Waals surface area contributed by atoms with Crippen LogP contribution in [0.15, 0.2) is 97.1 Å². The molecule has 1 atom stereocenters. The number of carbonyl (C=O) groups is 4. The standard InChI is InChI=1S/C29H17N3O9/c33-25(17-6-2-1-3-7-17)26(18-12-14-20(15-13-18)31(37)38)41-29(36)19-8-4-9-21(16-19)30-27(34)22-10-5-11-23(32(39)40)24(22)28(30)35/h1-16,26H/t26-/m1/s1. The van der Waals surface area contributed by atoms with Gasteiger partial charge in [-0.05, 0) is 36.4 Å². The van der Waals surface area contributed by atoms with Gasteiger partial charge in [-0.25, -0.2) is 9.69 Å². The lowest BCUT2D eigenvalue weighted by molar-refractivity contribution is -0.385. The molecule has 0 N–H and O–H groups in total. The van der Waals surface area contributed by atoms with Crippen LogP contribution in [-0.2, 0) is 4.74 Å². The lowest BCUT2D eigenvalue weighted by atomic mass is 9.99. The van der Waals surface area contributed by atoms with E-state index in [0.717, 1.165) is 11.0 Å². The average Bonchev–Trinajstić information content (AvgIpc) is 3.25. The number of anilines is 1. The lowest BCUT2D eigenvalue weighted by Gasteiger charge is -2.19. The normalized spacial score (nSPS) is 12.9. The predicted molar refractivity (Wildman–Crippen MR) is 143 cm³/mol. The number of ketones is 1. The van der Waals surface area contributed by atoms with E-state index in [0.29, 0.717) is 0 Å². The van der Waals surface area contributed by atoms with Crippen molar-refractivity contribution in [3.63, 3.8) is 0 Å². The highest BCUT2D eigenvalue weighted by atomic mass is 16.6. The zero-order chi connectivity index (χ0) is 29.3. The number of non-ortho nitro benzene ring substituents is 1. The van der Waals surface area contributed by atoms with Crippen molar-refractivity contribution in [3.05, 3.63) is 145 Å². The molecule has 41 heavy (non-hydrogen) atoms. The first kappa shape index (κ1) is 26.6. The molecule has 0 saturated heterocycles. The van der Waals surface area contributed by atoms with Crippen LogP contribution >= 0.6 is 0 Å². The molecule has 0 bridgehead atoms. The molecule has 0 radical (unpaired) electrons. The third-order valence-corrected chi connectivity index (χ3v) is 6.36. The minimum absolute atomic E-state index is 0.0405. The molecular formula is C29H17N3O9. The van der Waals surface area contributed by atoms with E-state index in [1.54, 1.807) is 18.2 Å². The Labute approximate surface area is 230 Å². The second-order valence-corrected chi connectivity index (χ2v) is 8.82. The summed E-state index contributed by atoms with van der Waals surface area (Å²) in [7, 11) is 0. The van der Waals surface area contributed by atoms with Crippen LogP contribution in [0.5, 0.6) is 0 Å². The van der Waals surface area contributed by atoms with Gasteiger partial charge in [-0.2, -0.15) is 0 Å². The number of esters is 1. The van der Waals surface area contributed by atoms with E-state index >= 15 is 0 Å². The van der Waals surface area contributed by atoms with Crippen molar-refractivity contribution < 1.29 is 33.8 Å². The summed E-state index contributed by atoms with van der Waals surface area (Å²) in [5.41, 5.74) is -1.01. The number of nitrogens with zero attached hydrogens (tertiary/aromatic N) is 3. The highest BCUT2D eigenvalue weighted by Crippen LogP contribution is 2.34. The maximum atomic E-state index is 13.3. The monoisotopic (exact) mass is 551 g/mol. The largest absolute Gasteiger partial charge is 0.445 e. The number of nitro benzene ring substituents is 2. The number of amides is 2. The highest BCUT2D eigenvalue weighted by Gasteiger charge is 2.42. The molecule has 0 spiro atoms. The first-order valence-electron chi connectivity index (χ1n) is 12.0. The van der Waals surface area contributed by atoms with Crippen LogP contribution in [0, 0.1) is 20.2 Å². The van der Waals surface area contributed by atoms with Crippen LogP contribution < -0.4 is 4.90 Å². The molecule has 1 heterocycles. The van der Waals surface area contributed by atoms with Crippen molar-refractivity contribution in [1.29, 1.82) is 0 Å². The van der Waals surface area contributed by atoms with Gasteiger partial charge in [0, 0.05) is 29.3 Å². The van der Waals surface area contributed by atoms with E-state index < -0.39 is 45.2 Å². The van der Waals surface area contributed by atoms with Gasteiger partial charge in [-0.3, -0.25) is 34.6 Å². The van der Waals surface area contributed by atoms with Gasteiger partial charge in [0.15, 0.2) is 6.10 Å². The van der Waals surface area contributed by atoms with Crippen molar-refractivity contribution in [3.8, 4) is 0 Å². The summed E-state index contributed by atoms with van der Waals surface area (Å²) < 4.78 is 5.59. The number of carbonyl (C=O) groups excluding carboxylic acids is 4. The first-order chi connectivity index (χ1) is 19.7. The van der Waals surface area contributed by atoms with Gasteiger partial charge < -0.3 is 4.74 Å². The molecule has 1 aliphatic heterocycles. The number of benzene rings is 4. The molecule has 0 aromatic heterocycles. The van der Waals surface area contributed by atoms with Gasteiger partial charge in [0.05, 0.1) is 26.7 Å².